The fourth-order valence-corrected chi connectivity index (χ4v) is 1.24. The Morgan fingerprint density at radius 1 is 1.43 bits per heavy atom. The van der Waals surface area contributed by atoms with Gasteiger partial charge in [-0.2, -0.15) is 0 Å². The van der Waals surface area contributed by atoms with Crippen LogP contribution in [-0.2, 0) is 9.59 Å². The molecule has 0 aromatic rings. The van der Waals surface area contributed by atoms with Crippen LogP contribution < -0.4 is 10.6 Å². The first-order valence-corrected chi connectivity index (χ1v) is 4.90. The van der Waals surface area contributed by atoms with Crippen LogP contribution >= 0.6 is 0 Å². The quantitative estimate of drug-likeness (QED) is 0.632. The average molecular weight is 198 g/mol. The van der Waals surface area contributed by atoms with Gasteiger partial charge in [0.2, 0.25) is 11.8 Å². The monoisotopic (exact) mass is 198 g/mol. The fraction of sp³-hybridized carbons (Fsp3) is 0.800. The van der Waals surface area contributed by atoms with Crippen LogP contribution in [0.4, 0.5) is 0 Å². The van der Waals surface area contributed by atoms with Gasteiger partial charge in [-0.1, -0.05) is 20.8 Å². The summed E-state index contributed by atoms with van der Waals surface area (Å²) in [5.74, 6) is -0.389. The number of hydrogen-bond donors (Lipinski definition) is 2. The van der Waals surface area contributed by atoms with Gasteiger partial charge in [-0.3, -0.25) is 14.9 Å². The first-order valence-electron chi connectivity index (χ1n) is 4.90. The molecule has 4 nitrogen and oxygen atoms in total. The summed E-state index contributed by atoms with van der Waals surface area (Å²) in [5, 5.41) is 5.45. The molecule has 2 unspecified atom stereocenters. The molecule has 0 bridgehead atoms. The summed E-state index contributed by atoms with van der Waals surface area (Å²) in [6, 6.07) is -0.152. The van der Waals surface area contributed by atoms with Crippen molar-refractivity contribution in [1.29, 1.82) is 0 Å². The molecule has 0 spiro atoms. The Hall–Kier alpha value is -0.900. The molecule has 1 heterocycles. The zero-order chi connectivity index (χ0) is 10.9. The van der Waals surface area contributed by atoms with Crippen LogP contribution in [0, 0.1) is 5.41 Å². The summed E-state index contributed by atoms with van der Waals surface area (Å²) in [6.45, 7) is 8.31. The van der Waals surface area contributed by atoms with Crippen molar-refractivity contribution in [3.8, 4) is 0 Å². The summed E-state index contributed by atoms with van der Waals surface area (Å²) in [5.41, 5.74) is 0.0892. The van der Waals surface area contributed by atoms with Crippen molar-refractivity contribution in [2.75, 3.05) is 0 Å². The molecule has 0 saturated carbocycles. The second kappa shape index (κ2) is 3.69. The fourth-order valence-electron chi connectivity index (χ4n) is 1.24. The Bertz CT molecular complexity index is 255. The van der Waals surface area contributed by atoms with E-state index in [1.165, 1.54) is 0 Å². The van der Waals surface area contributed by atoms with Crippen molar-refractivity contribution >= 4 is 11.8 Å². The lowest BCUT2D eigenvalue weighted by Gasteiger charge is -2.29. The van der Waals surface area contributed by atoms with Crippen molar-refractivity contribution in [3.05, 3.63) is 0 Å². The van der Waals surface area contributed by atoms with Gasteiger partial charge in [-0.15, -0.1) is 0 Å². The highest BCUT2D eigenvalue weighted by Crippen LogP contribution is 2.19. The Balaban J connectivity index is 2.53. The largest absolute Gasteiger partial charge is 0.302 e. The van der Waals surface area contributed by atoms with Gasteiger partial charge >= 0.3 is 0 Å². The molecule has 0 aliphatic carbocycles. The van der Waals surface area contributed by atoms with Crippen LogP contribution in [0.5, 0.6) is 0 Å². The molecule has 1 saturated heterocycles. The van der Waals surface area contributed by atoms with Gasteiger partial charge < -0.3 is 5.32 Å². The van der Waals surface area contributed by atoms with E-state index < -0.39 is 0 Å². The van der Waals surface area contributed by atoms with Crippen LogP contribution in [0.3, 0.4) is 0 Å². The Kier molecular flexibility index (Phi) is 2.95. The summed E-state index contributed by atoms with van der Waals surface area (Å²) < 4.78 is 0. The normalized spacial score (nSPS) is 25.0. The number of hydrogen-bond acceptors (Lipinski definition) is 3. The minimum absolute atomic E-state index is 0.0892. The molecule has 2 atom stereocenters. The minimum atomic E-state index is -0.350. The number of carbonyl (C=O) groups is 2. The Labute approximate surface area is 84.4 Å². The van der Waals surface area contributed by atoms with Crippen molar-refractivity contribution in [3.63, 3.8) is 0 Å². The zero-order valence-electron chi connectivity index (χ0n) is 9.18. The van der Waals surface area contributed by atoms with Crippen LogP contribution in [0.15, 0.2) is 0 Å². The highest BCUT2D eigenvalue weighted by Gasteiger charge is 2.33. The number of amides is 2. The van der Waals surface area contributed by atoms with E-state index >= 15 is 0 Å². The summed E-state index contributed by atoms with van der Waals surface area (Å²) in [7, 11) is 0. The van der Waals surface area contributed by atoms with E-state index in [9.17, 15) is 9.59 Å². The topological polar surface area (TPSA) is 58.2 Å². The summed E-state index contributed by atoms with van der Waals surface area (Å²) >= 11 is 0. The van der Waals surface area contributed by atoms with Gasteiger partial charge in [0.25, 0.3) is 0 Å². The zero-order valence-corrected chi connectivity index (χ0v) is 9.18. The van der Waals surface area contributed by atoms with Crippen LogP contribution in [0.25, 0.3) is 0 Å². The first kappa shape index (κ1) is 11.2. The lowest BCUT2D eigenvalue weighted by Crippen LogP contribution is -2.46. The number of nitrogens with one attached hydrogen (secondary N) is 2. The Morgan fingerprint density at radius 2 is 2.00 bits per heavy atom. The van der Waals surface area contributed by atoms with Crippen LogP contribution in [0.1, 0.15) is 34.1 Å². The van der Waals surface area contributed by atoms with Gasteiger partial charge in [0.15, 0.2) is 0 Å². The van der Waals surface area contributed by atoms with E-state index in [4.69, 9.17) is 0 Å². The van der Waals surface area contributed by atoms with E-state index in [2.05, 4.69) is 31.4 Å². The molecule has 14 heavy (non-hydrogen) atoms. The van der Waals surface area contributed by atoms with Gasteiger partial charge in [-0.25, -0.2) is 0 Å². The van der Waals surface area contributed by atoms with Crippen molar-refractivity contribution in [1.82, 2.24) is 10.6 Å². The molecular weight excluding hydrogens is 180 g/mol. The van der Waals surface area contributed by atoms with Gasteiger partial charge in [-0.05, 0) is 12.3 Å². The third-order valence-corrected chi connectivity index (χ3v) is 2.72. The standard InChI is InChI=1S/C10H18N2O2/c1-6(10(2,3)4)11-7-5-8(13)12-9(7)14/h6-7,11H,5H2,1-4H3,(H,12,13,14). The maximum absolute atomic E-state index is 11.3. The second-order valence-corrected chi connectivity index (χ2v) is 4.92. The lowest BCUT2D eigenvalue weighted by molar-refractivity contribution is -0.125. The van der Waals surface area contributed by atoms with E-state index in [0.717, 1.165) is 0 Å². The van der Waals surface area contributed by atoms with E-state index in [1.54, 1.807) is 0 Å². The Morgan fingerprint density at radius 3 is 2.36 bits per heavy atom. The third-order valence-electron chi connectivity index (χ3n) is 2.72. The second-order valence-electron chi connectivity index (χ2n) is 4.92. The van der Waals surface area contributed by atoms with Crippen LogP contribution in [-0.4, -0.2) is 23.9 Å². The maximum Gasteiger partial charge on any atom is 0.244 e. The van der Waals surface area contributed by atoms with Gasteiger partial charge in [0.05, 0.1) is 12.5 Å². The van der Waals surface area contributed by atoms with Crippen molar-refractivity contribution < 1.29 is 9.59 Å². The molecule has 0 aromatic carbocycles. The van der Waals surface area contributed by atoms with Crippen LogP contribution in [0.2, 0.25) is 0 Å². The minimum Gasteiger partial charge on any atom is -0.302 e. The van der Waals surface area contributed by atoms with Crippen molar-refractivity contribution in [2.24, 2.45) is 5.41 Å². The molecule has 1 fully saturated rings. The maximum atomic E-state index is 11.3. The van der Waals surface area contributed by atoms with Crippen molar-refractivity contribution in [2.45, 2.75) is 46.2 Å². The smallest absolute Gasteiger partial charge is 0.244 e. The molecule has 1 aliphatic rings. The summed E-state index contributed by atoms with van der Waals surface area (Å²) in [6.07, 6.45) is 0.263. The predicted molar refractivity (Wildman–Crippen MR) is 53.6 cm³/mol. The molecule has 2 amide bonds. The number of rotatable bonds is 2. The molecule has 0 aromatic heterocycles. The molecule has 1 aliphatic heterocycles. The molecule has 4 heteroatoms. The highest BCUT2D eigenvalue weighted by atomic mass is 16.2. The van der Waals surface area contributed by atoms with Gasteiger partial charge in [0.1, 0.15) is 0 Å². The molecule has 80 valence electrons. The molecular formula is C10H18N2O2. The van der Waals surface area contributed by atoms with E-state index in [1.807, 2.05) is 6.92 Å². The first-order chi connectivity index (χ1) is 6.30. The predicted octanol–water partition coefficient (Wildman–Crippen LogP) is 0.426. The SMILES string of the molecule is CC(NC1CC(=O)NC1=O)C(C)(C)C. The van der Waals surface area contributed by atoms with E-state index in [0.29, 0.717) is 0 Å². The molecule has 1 rings (SSSR count). The summed E-state index contributed by atoms with van der Waals surface area (Å²) in [4.78, 5) is 22.2. The van der Waals surface area contributed by atoms with Gasteiger partial charge in [0, 0.05) is 6.04 Å². The van der Waals surface area contributed by atoms with E-state index in [-0.39, 0.29) is 35.7 Å². The average Bonchev–Trinajstić information content (AvgIpc) is 2.28. The lowest BCUT2D eigenvalue weighted by atomic mass is 9.87. The number of carbonyl (C=O) groups excluding carboxylic acids is 2. The molecule has 0 radical (unpaired) electrons. The molecule has 2 N–H and O–H groups in total. The highest BCUT2D eigenvalue weighted by molar-refractivity contribution is 6.05. The third kappa shape index (κ3) is 2.54. The number of imide groups is 1.